The summed E-state index contributed by atoms with van der Waals surface area (Å²) in [5.74, 6) is 0. The fraction of sp³-hybridized carbons (Fsp3) is 0.600. The molecule has 0 heterocycles. The van der Waals surface area contributed by atoms with E-state index in [1.165, 1.54) is 38.2 Å². The fourth-order valence-corrected chi connectivity index (χ4v) is 2.15. The minimum Gasteiger partial charge on any atom is -0.377 e. The van der Waals surface area contributed by atoms with Crippen LogP contribution in [0.2, 0.25) is 0 Å². The number of nitrogens with zero attached hydrogens (tertiary/aromatic N) is 1. The number of nitro benzene ring substituents is 1. The van der Waals surface area contributed by atoms with Crippen molar-refractivity contribution in [3.63, 3.8) is 0 Å². The van der Waals surface area contributed by atoms with E-state index in [-0.39, 0.29) is 16.7 Å². The first kappa shape index (κ1) is 15.5. The fourth-order valence-electron chi connectivity index (χ4n) is 2.15. The van der Waals surface area contributed by atoms with Gasteiger partial charge in [-0.15, -0.1) is 0 Å². The summed E-state index contributed by atoms with van der Waals surface area (Å²) in [5, 5.41) is 14.1. The molecule has 1 unspecified atom stereocenters. The predicted molar refractivity (Wildman–Crippen MR) is 79.6 cm³/mol. The number of unbranched alkanes of at least 4 members (excludes halogenated alkanes) is 4. The summed E-state index contributed by atoms with van der Waals surface area (Å²) in [6, 6.07) is 7.09. The number of para-hydroxylation sites is 2. The van der Waals surface area contributed by atoms with Gasteiger partial charge in [0, 0.05) is 12.1 Å². The molecule has 1 N–H and O–H groups in total. The first-order valence-corrected chi connectivity index (χ1v) is 7.15. The Labute approximate surface area is 115 Å². The summed E-state index contributed by atoms with van der Waals surface area (Å²) < 4.78 is 0. The Bertz CT molecular complexity index is 393. The Morgan fingerprint density at radius 2 is 1.89 bits per heavy atom. The average molecular weight is 264 g/mol. The zero-order valence-corrected chi connectivity index (χ0v) is 11.9. The number of hydrogen-bond donors (Lipinski definition) is 1. The molecule has 0 saturated heterocycles. The number of hydrogen-bond acceptors (Lipinski definition) is 3. The summed E-state index contributed by atoms with van der Waals surface area (Å²) in [4.78, 5) is 10.6. The van der Waals surface area contributed by atoms with Crippen LogP contribution < -0.4 is 5.32 Å². The third-order valence-electron chi connectivity index (χ3n) is 3.24. The first-order chi connectivity index (χ1) is 9.15. The van der Waals surface area contributed by atoms with Crippen LogP contribution in [0.15, 0.2) is 24.3 Å². The lowest BCUT2D eigenvalue weighted by molar-refractivity contribution is -0.384. The highest BCUT2D eigenvalue weighted by Crippen LogP contribution is 2.24. The van der Waals surface area contributed by atoms with E-state index >= 15 is 0 Å². The molecule has 106 valence electrons. The van der Waals surface area contributed by atoms with Gasteiger partial charge in [-0.3, -0.25) is 10.1 Å². The predicted octanol–water partition coefficient (Wildman–Crippen LogP) is 4.76. The molecule has 19 heavy (non-hydrogen) atoms. The van der Waals surface area contributed by atoms with Crippen LogP contribution in [0.4, 0.5) is 11.4 Å². The lowest BCUT2D eigenvalue weighted by Gasteiger charge is -2.15. The van der Waals surface area contributed by atoms with E-state index in [1.807, 2.05) is 6.07 Å². The number of rotatable bonds is 9. The van der Waals surface area contributed by atoms with E-state index in [9.17, 15) is 10.1 Å². The van der Waals surface area contributed by atoms with Crippen molar-refractivity contribution >= 4 is 11.4 Å². The van der Waals surface area contributed by atoms with Gasteiger partial charge in [-0.2, -0.15) is 0 Å². The molecule has 0 bridgehead atoms. The van der Waals surface area contributed by atoms with Crippen molar-refractivity contribution in [3.05, 3.63) is 34.4 Å². The maximum Gasteiger partial charge on any atom is 0.292 e. The van der Waals surface area contributed by atoms with Crippen molar-refractivity contribution in [1.29, 1.82) is 0 Å². The van der Waals surface area contributed by atoms with Crippen LogP contribution in [0.25, 0.3) is 0 Å². The monoisotopic (exact) mass is 264 g/mol. The highest BCUT2D eigenvalue weighted by Gasteiger charge is 2.13. The van der Waals surface area contributed by atoms with E-state index in [0.29, 0.717) is 5.69 Å². The molecule has 1 aromatic carbocycles. The summed E-state index contributed by atoms with van der Waals surface area (Å²) in [5.41, 5.74) is 0.772. The Hall–Kier alpha value is -1.58. The van der Waals surface area contributed by atoms with Crippen molar-refractivity contribution in [2.45, 2.75) is 58.4 Å². The van der Waals surface area contributed by atoms with E-state index in [4.69, 9.17) is 0 Å². The van der Waals surface area contributed by atoms with Crippen LogP contribution in [0, 0.1) is 10.1 Å². The largest absolute Gasteiger partial charge is 0.377 e. The van der Waals surface area contributed by atoms with Crippen molar-refractivity contribution in [2.24, 2.45) is 0 Å². The number of anilines is 1. The molecule has 1 atom stereocenters. The van der Waals surface area contributed by atoms with Crippen LogP contribution in [0.3, 0.4) is 0 Å². The van der Waals surface area contributed by atoms with Gasteiger partial charge >= 0.3 is 0 Å². The zero-order valence-electron chi connectivity index (χ0n) is 11.9. The lowest BCUT2D eigenvalue weighted by atomic mass is 10.1. The lowest BCUT2D eigenvalue weighted by Crippen LogP contribution is -2.15. The molecule has 0 aliphatic rings. The molecular formula is C15H24N2O2. The Morgan fingerprint density at radius 3 is 2.58 bits per heavy atom. The van der Waals surface area contributed by atoms with Crippen LogP contribution in [0.5, 0.6) is 0 Å². The molecule has 0 amide bonds. The zero-order chi connectivity index (χ0) is 14.1. The summed E-state index contributed by atoms with van der Waals surface area (Å²) in [7, 11) is 0. The van der Waals surface area contributed by atoms with Gasteiger partial charge in [0.2, 0.25) is 0 Å². The van der Waals surface area contributed by atoms with Gasteiger partial charge in [0.05, 0.1) is 4.92 Å². The van der Waals surface area contributed by atoms with Crippen molar-refractivity contribution in [2.75, 3.05) is 5.32 Å². The second-order valence-electron chi connectivity index (χ2n) is 5.02. The summed E-state index contributed by atoms with van der Waals surface area (Å²) in [6.45, 7) is 4.29. The molecule has 0 saturated carbocycles. The minimum atomic E-state index is -0.337. The van der Waals surface area contributed by atoms with E-state index < -0.39 is 0 Å². The van der Waals surface area contributed by atoms with Gasteiger partial charge < -0.3 is 5.32 Å². The molecule has 0 spiro atoms. The van der Waals surface area contributed by atoms with Crippen molar-refractivity contribution < 1.29 is 4.92 Å². The summed E-state index contributed by atoms with van der Waals surface area (Å²) >= 11 is 0. The van der Waals surface area contributed by atoms with Gasteiger partial charge in [-0.1, -0.05) is 51.2 Å². The van der Waals surface area contributed by atoms with E-state index in [2.05, 4.69) is 19.2 Å². The van der Waals surface area contributed by atoms with Crippen LogP contribution in [0.1, 0.15) is 52.4 Å². The third-order valence-corrected chi connectivity index (χ3v) is 3.24. The van der Waals surface area contributed by atoms with Gasteiger partial charge in [-0.05, 0) is 19.4 Å². The molecule has 0 aliphatic heterocycles. The molecule has 0 radical (unpaired) electrons. The topological polar surface area (TPSA) is 55.2 Å². The average Bonchev–Trinajstić information content (AvgIpc) is 2.39. The second-order valence-corrected chi connectivity index (χ2v) is 5.02. The minimum absolute atomic E-state index is 0.153. The number of benzene rings is 1. The third kappa shape index (κ3) is 5.73. The number of nitrogens with one attached hydrogen (secondary N) is 1. The highest BCUT2D eigenvalue weighted by atomic mass is 16.6. The quantitative estimate of drug-likeness (QED) is 0.397. The molecule has 0 aromatic heterocycles. The molecule has 4 heteroatoms. The van der Waals surface area contributed by atoms with E-state index in [1.54, 1.807) is 12.1 Å². The normalized spacial score (nSPS) is 12.1. The Kier molecular flexibility index (Phi) is 6.93. The van der Waals surface area contributed by atoms with Gasteiger partial charge in [-0.25, -0.2) is 0 Å². The van der Waals surface area contributed by atoms with Crippen LogP contribution in [-0.2, 0) is 0 Å². The Balaban J connectivity index is 2.39. The standard InChI is InChI=1S/C15H24N2O2/c1-3-4-5-6-7-10-13(2)16-14-11-8-9-12-15(14)17(18)19/h8-9,11-13,16H,3-7,10H2,1-2H3. The SMILES string of the molecule is CCCCCCCC(C)Nc1ccccc1[N+](=O)[O-]. The van der Waals surface area contributed by atoms with E-state index in [0.717, 1.165) is 6.42 Å². The molecule has 4 nitrogen and oxygen atoms in total. The highest BCUT2D eigenvalue weighted by molar-refractivity contribution is 5.61. The van der Waals surface area contributed by atoms with Crippen LogP contribution >= 0.6 is 0 Å². The Morgan fingerprint density at radius 1 is 1.21 bits per heavy atom. The number of nitro groups is 1. The van der Waals surface area contributed by atoms with Gasteiger partial charge in [0.25, 0.3) is 5.69 Å². The summed E-state index contributed by atoms with van der Waals surface area (Å²) in [6.07, 6.45) is 7.31. The molecule has 0 fully saturated rings. The van der Waals surface area contributed by atoms with Gasteiger partial charge in [0.1, 0.15) is 5.69 Å². The molecular weight excluding hydrogens is 240 g/mol. The van der Waals surface area contributed by atoms with Gasteiger partial charge in [0.15, 0.2) is 0 Å². The molecule has 1 rings (SSSR count). The smallest absolute Gasteiger partial charge is 0.292 e. The second kappa shape index (κ2) is 8.51. The maximum atomic E-state index is 10.9. The van der Waals surface area contributed by atoms with Crippen LogP contribution in [-0.4, -0.2) is 11.0 Å². The van der Waals surface area contributed by atoms with Crippen molar-refractivity contribution in [3.8, 4) is 0 Å². The van der Waals surface area contributed by atoms with Crippen molar-refractivity contribution in [1.82, 2.24) is 0 Å². The first-order valence-electron chi connectivity index (χ1n) is 7.15. The maximum absolute atomic E-state index is 10.9. The molecule has 0 aliphatic carbocycles. The molecule has 1 aromatic rings.